The quantitative estimate of drug-likeness (QED) is 0.209. The number of para-hydroxylation sites is 1. The lowest BCUT2D eigenvalue weighted by molar-refractivity contribution is -0.141. The number of sulfonamides is 1. The van der Waals surface area contributed by atoms with E-state index in [1.165, 1.54) is 4.31 Å². The van der Waals surface area contributed by atoms with E-state index in [0.29, 0.717) is 34.3 Å². The Morgan fingerprint density at radius 3 is 2.20 bits per heavy atom. The Labute approximate surface area is 253 Å². The van der Waals surface area contributed by atoms with E-state index in [1.807, 2.05) is 43.3 Å². The standard InChI is InChI=1S/C31H37Cl2N3O4S/c1-3-4-19-34-31(38)29(21-24-12-7-5-8-13-24)35(23-25-17-18-26(32)22-28(25)33)30(37)16-11-20-36(41(2,39)40)27-14-9-6-10-15-27/h5-10,12-15,17-18,22,29H,3-4,11,16,19-21,23H2,1-2H3,(H,34,38)/t29-/m1/s1. The van der Waals surface area contributed by atoms with Gasteiger partial charge in [-0.2, -0.15) is 0 Å². The van der Waals surface area contributed by atoms with Gasteiger partial charge in [0.1, 0.15) is 6.04 Å². The van der Waals surface area contributed by atoms with Gasteiger partial charge >= 0.3 is 0 Å². The fourth-order valence-electron chi connectivity index (χ4n) is 4.49. The van der Waals surface area contributed by atoms with E-state index in [4.69, 9.17) is 23.2 Å². The lowest BCUT2D eigenvalue weighted by Crippen LogP contribution is -2.50. The monoisotopic (exact) mass is 617 g/mol. The van der Waals surface area contributed by atoms with Crippen LogP contribution in [0.4, 0.5) is 5.69 Å². The van der Waals surface area contributed by atoms with Crippen LogP contribution in [0.25, 0.3) is 0 Å². The number of rotatable bonds is 15. The molecule has 3 rings (SSSR count). The second-order valence-electron chi connectivity index (χ2n) is 9.88. The van der Waals surface area contributed by atoms with Crippen LogP contribution < -0.4 is 9.62 Å². The van der Waals surface area contributed by atoms with Crippen molar-refractivity contribution in [1.29, 1.82) is 0 Å². The summed E-state index contributed by atoms with van der Waals surface area (Å²) >= 11 is 12.6. The summed E-state index contributed by atoms with van der Waals surface area (Å²) in [5, 5.41) is 3.85. The molecule has 0 unspecified atom stereocenters. The number of hydrogen-bond donors (Lipinski definition) is 1. The minimum absolute atomic E-state index is 0.0393. The maximum absolute atomic E-state index is 13.9. The molecule has 0 spiro atoms. The summed E-state index contributed by atoms with van der Waals surface area (Å²) < 4.78 is 26.3. The first-order valence-corrected chi connectivity index (χ1v) is 16.3. The number of benzene rings is 3. The molecule has 0 fully saturated rings. The Balaban J connectivity index is 1.89. The molecule has 3 aromatic rings. The van der Waals surface area contributed by atoms with Gasteiger partial charge in [-0.15, -0.1) is 0 Å². The number of hydrogen-bond acceptors (Lipinski definition) is 4. The SMILES string of the molecule is CCCCNC(=O)[C@@H](Cc1ccccc1)N(Cc1ccc(Cl)cc1Cl)C(=O)CCCN(c1ccccc1)S(C)(=O)=O. The van der Waals surface area contributed by atoms with Gasteiger partial charge in [0.2, 0.25) is 21.8 Å². The van der Waals surface area contributed by atoms with Crippen molar-refractivity contribution in [3.63, 3.8) is 0 Å². The Morgan fingerprint density at radius 2 is 1.59 bits per heavy atom. The zero-order valence-corrected chi connectivity index (χ0v) is 25.8. The van der Waals surface area contributed by atoms with Gasteiger partial charge in [-0.05, 0) is 48.2 Å². The number of halogens is 2. The Bertz CT molecular complexity index is 1390. The van der Waals surface area contributed by atoms with Gasteiger partial charge in [-0.3, -0.25) is 13.9 Å². The van der Waals surface area contributed by atoms with Crippen molar-refractivity contribution in [1.82, 2.24) is 10.2 Å². The zero-order valence-electron chi connectivity index (χ0n) is 23.4. The summed E-state index contributed by atoms with van der Waals surface area (Å²) in [5.41, 5.74) is 2.10. The van der Waals surface area contributed by atoms with E-state index >= 15 is 0 Å². The van der Waals surface area contributed by atoms with E-state index in [0.717, 1.165) is 24.7 Å². The molecule has 7 nitrogen and oxygen atoms in total. The molecular formula is C31H37Cl2N3O4S. The van der Waals surface area contributed by atoms with Crippen molar-refractivity contribution in [3.8, 4) is 0 Å². The van der Waals surface area contributed by atoms with Crippen LogP contribution in [0.3, 0.4) is 0 Å². The third-order valence-corrected chi connectivity index (χ3v) is 8.43. The van der Waals surface area contributed by atoms with Crippen LogP contribution in [0.5, 0.6) is 0 Å². The first-order valence-electron chi connectivity index (χ1n) is 13.7. The normalized spacial score (nSPS) is 12.0. The third kappa shape index (κ3) is 10.1. The summed E-state index contributed by atoms with van der Waals surface area (Å²) in [4.78, 5) is 29.0. The Kier molecular flexibility index (Phi) is 12.5. The average molecular weight is 619 g/mol. The van der Waals surface area contributed by atoms with E-state index in [9.17, 15) is 18.0 Å². The van der Waals surface area contributed by atoms with Crippen molar-refractivity contribution in [3.05, 3.63) is 100 Å². The molecule has 0 radical (unpaired) electrons. The zero-order chi connectivity index (χ0) is 29.8. The Morgan fingerprint density at radius 1 is 0.927 bits per heavy atom. The molecule has 0 aliphatic rings. The topological polar surface area (TPSA) is 86.8 Å². The van der Waals surface area contributed by atoms with Crippen LogP contribution in [0, 0.1) is 0 Å². The van der Waals surface area contributed by atoms with Crippen molar-refractivity contribution in [2.75, 3.05) is 23.7 Å². The molecule has 0 aliphatic heterocycles. The van der Waals surface area contributed by atoms with E-state index in [-0.39, 0.29) is 37.7 Å². The van der Waals surface area contributed by atoms with Gasteiger partial charge in [0.25, 0.3) is 0 Å². The molecule has 3 aromatic carbocycles. The number of carbonyl (C=O) groups excluding carboxylic acids is 2. The van der Waals surface area contributed by atoms with Crippen LogP contribution in [0.15, 0.2) is 78.9 Å². The van der Waals surface area contributed by atoms with Gasteiger partial charge in [-0.1, -0.05) is 91.1 Å². The molecule has 0 saturated heterocycles. The molecule has 0 aliphatic carbocycles. The van der Waals surface area contributed by atoms with Crippen LogP contribution in [-0.4, -0.2) is 50.5 Å². The van der Waals surface area contributed by atoms with Crippen molar-refractivity contribution < 1.29 is 18.0 Å². The van der Waals surface area contributed by atoms with E-state index in [1.54, 1.807) is 47.4 Å². The smallest absolute Gasteiger partial charge is 0.243 e. The Hall–Kier alpha value is -3.07. The molecule has 41 heavy (non-hydrogen) atoms. The van der Waals surface area contributed by atoms with Gasteiger partial charge in [0, 0.05) is 42.5 Å². The maximum Gasteiger partial charge on any atom is 0.243 e. The number of nitrogens with zero attached hydrogens (tertiary/aromatic N) is 2. The lowest BCUT2D eigenvalue weighted by atomic mass is 10.0. The molecule has 2 amide bonds. The van der Waals surface area contributed by atoms with Crippen molar-refractivity contribution in [2.24, 2.45) is 0 Å². The minimum atomic E-state index is -3.56. The summed E-state index contributed by atoms with van der Waals surface area (Å²) in [6.07, 6.45) is 3.51. The van der Waals surface area contributed by atoms with Gasteiger partial charge in [0.15, 0.2) is 0 Å². The molecule has 1 atom stereocenters. The molecule has 0 saturated carbocycles. The average Bonchev–Trinajstić information content (AvgIpc) is 2.94. The molecule has 0 bridgehead atoms. The summed E-state index contributed by atoms with van der Waals surface area (Å²) in [7, 11) is -3.56. The van der Waals surface area contributed by atoms with Crippen molar-refractivity contribution >= 4 is 50.7 Å². The largest absolute Gasteiger partial charge is 0.354 e. The second kappa shape index (κ2) is 15.8. The van der Waals surface area contributed by atoms with Crippen molar-refractivity contribution in [2.45, 2.75) is 51.6 Å². The minimum Gasteiger partial charge on any atom is -0.354 e. The number of amides is 2. The highest BCUT2D eigenvalue weighted by molar-refractivity contribution is 7.92. The second-order valence-corrected chi connectivity index (χ2v) is 12.6. The molecular weight excluding hydrogens is 581 g/mol. The first kappa shape index (κ1) is 32.4. The van der Waals surface area contributed by atoms with Gasteiger partial charge in [-0.25, -0.2) is 8.42 Å². The number of unbranched alkanes of at least 4 members (excludes halogenated alkanes) is 1. The fourth-order valence-corrected chi connectivity index (χ4v) is 5.93. The predicted molar refractivity (Wildman–Crippen MR) is 167 cm³/mol. The molecule has 0 heterocycles. The fraction of sp³-hybridized carbons (Fsp3) is 0.355. The molecule has 1 N–H and O–H groups in total. The van der Waals surface area contributed by atoms with Crippen LogP contribution in [0.2, 0.25) is 10.0 Å². The highest BCUT2D eigenvalue weighted by Gasteiger charge is 2.31. The summed E-state index contributed by atoms with van der Waals surface area (Å²) in [6.45, 7) is 2.77. The summed E-state index contributed by atoms with van der Waals surface area (Å²) in [6, 6.07) is 22.6. The number of nitrogens with one attached hydrogen (secondary N) is 1. The maximum atomic E-state index is 13.9. The highest BCUT2D eigenvalue weighted by Crippen LogP contribution is 2.25. The van der Waals surface area contributed by atoms with Crippen LogP contribution >= 0.6 is 23.2 Å². The summed E-state index contributed by atoms with van der Waals surface area (Å²) in [5.74, 6) is -0.521. The highest BCUT2D eigenvalue weighted by atomic mass is 35.5. The predicted octanol–water partition coefficient (Wildman–Crippen LogP) is 6.10. The molecule has 10 heteroatoms. The number of anilines is 1. The third-order valence-electron chi connectivity index (χ3n) is 6.65. The van der Waals surface area contributed by atoms with Crippen LogP contribution in [0.1, 0.15) is 43.7 Å². The number of carbonyl (C=O) groups is 2. The first-order chi connectivity index (χ1) is 19.6. The van der Waals surface area contributed by atoms with Gasteiger partial charge in [0.05, 0.1) is 11.9 Å². The molecule has 220 valence electrons. The van der Waals surface area contributed by atoms with Crippen LogP contribution in [-0.2, 0) is 32.6 Å². The lowest BCUT2D eigenvalue weighted by Gasteiger charge is -2.32. The van der Waals surface area contributed by atoms with E-state index in [2.05, 4.69) is 5.32 Å². The van der Waals surface area contributed by atoms with E-state index < -0.39 is 16.1 Å². The molecule has 0 aromatic heterocycles. The van der Waals surface area contributed by atoms with Gasteiger partial charge < -0.3 is 10.2 Å².